The largest absolute Gasteiger partial charge is 0.484 e. The Labute approximate surface area is 175 Å². The number of amides is 2. The molecule has 0 radical (unpaired) electrons. The molecule has 0 bridgehead atoms. The number of hydrogen-bond acceptors (Lipinski definition) is 7. The number of rotatable bonds is 8. The summed E-state index contributed by atoms with van der Waals surface area (Å²) in [6, 6.07) is 10.6. The number of benzene rings is 1. The van der Waals surface area contributed by atoms with Gasteiger partial charge in [0.15, 0.2) is 17.5 Å². The van der Waals surface area contributed by atoms with Crippen LogP contribution in [0.1, 0.15) is 29.1 Å². The predicted octanol–water partition coefficient (Wildman–Crippen LogP) is 3.73. The van der Waals surface area contributed by atoms with E-state index in [0.29, 0.717) is 23.0 Å². The fourth-order valence-electron chi connectivity index (χ4n) is 2.38. The second-order valence-corrected chi connectivity index (χ2v) is 8.16. The van der Waals surface area contributed by atoms with Gasteiger partial charge in [-0.25, -0.2) is 4.98 Å². The van der Waals surface area contributed by atoms with Gasteiger partial charge in [-0.2, -0.15) is 0 Å². The summed E-state index contributed by atoms with van der Waals surface area (Å²) >= 11 is 2.86. The van der Waals surface area contributed by atoms with Crippen LogP contribution in [0.5, 0.6) is 5.75 Å². The van der Waals surface area contributed by atoms with Gasteiger partial charge in [-0.15, -0.1) is 22.7 Å². The summed E-state index contributed by atoms with van der Waals surface area (Å²) in [6.07, 6.45) is 0. The number of nitrogens with one attached hydrogen (secondary N) is 2. The molecule has 2 N–H and O–H groups in total. The number of ether oxygens (including phenoxy) is 1. The van der Waals surface area contributed by atoms with Crippen LogP contribution < -0.4 is 15.4 Å². The van der Waals surface area contributed by atoms with Crippen LogP contribution in [0, 0.1) is 0 Å². The Morgan fingerprint density at radius 2 is 1.97 bits per heavy atom. The first-order chi connectivity index (χ1) is 13.9. The molecule has 0 aliphatic rings. The number of ketones is 1. The number of anilines is 1. The molecule has 9 heteroatoms. The lowest BCUT2D eigenvalue weighted by molar-refractivity contribution is -0.119. The molecule has 150 valence electrons. The van der Waals surface area contributed by atoms with E-state index in [9.17, 15) is 14.4 Å². The number of thiazole rings is 1. The molecule has 0 fully saturated rings. The molecule has 7 nitrogen and oxygen atoms in total. The maximum atomic E-state index is 12.1. The summed E-state index contributed by atoms with van der Waals surface area (Å²) in [7, 11) is 0. The molecule has 2 amide bonds. The van der Waals surface area contributed by atoms with Crippen molar-refractivity contribution < 1.29 is 19.1 Å². The molecular weight excluding hydrogens is 410 g/mol. The van der Waals surface area contributed by atoms with Crippen LogP contribution in [-0.4, -0.2) is 29.2 Å². The number of hydrogen-bond donors (Lipinski definition) is 2. The zero-order chi connectivity index (χ0) is 20.8. The third-order valence-corrected chi connectivity index (χ3v) is 5.65. The molecule has 0 spiro atoms. The van der Waals surface area contributed by atoms with Crippen molar-refractivity contribution >= 4 is 45.4 Å². The Morgan fingerprint density at radius 3 is 2.72 bits per heavy atom. The van der Waals surface area contributed by atoms with Crippen LogP contribution in [0.15, 0.2) is 41.8 Å². The highest BCUT2D eigenvalue weighted by atomic mass is 32.1. The van der Waals surface area contributed by atoms with E-state index in [0.717, 1.165) is 15.4 Å². The molecule has 2 aromatic heterocycles. The van der Waals surface area contributed by atoms with Gasteiger partial charge in [-0.3, -0.25) is 19.7 Å². The van der Waals surface area contributed by atoms with Crippen molar-refractivity contribution in [2.24, 2.45) is 0 Å². The lowest BCUT2D eigenvalue weighted by atomic mass is 10.1. The Morgan fingerprint density at radius 1 is 1.14 bits per heavy atom. The Bertz CT molecular complexity index is 1040. The number of carbonyl (C=O) groups is 3. The SMILES string of the molecule is CC(=O)NCc1ccc(-c2csc(NC(=O)COc3cccc(C(C)=O)c3)n2)s1. The maximum absolute atomic E-state index is 12.1. The first-order valence-electron chi connectivity index (χ1n) is 8.73. The van der Waals surface area contributed by atoms with Crippen molar-refractivity contribution in [3.63, 3.8) is 0 Å². The minimum Gasteiger partial charge on any atom is -0.484 e. The van der Waals surface area contributed by atoms with Crippen molar-refractivity contribution in [1.29, 1.82) is 0 Å². The van der Waals surface area contributed by atoms with Crippen LogP contribution in [0.3, 0.4) is 0 Å². The number of aromatic nitrogens is 1. The Balaban J connectivity index is 1.54. The van der Waals surface area contributed by atoms with Crippen LogP contribution >= 0.6 is 22.7 Å². The third kappa shape index (κ3) is 5.97. The minimum atomic E-state index is -0.336. The second kappa shape index (κ2) is 9.44. The van der Waals surface area contributed by atoms with Crippen molar-refractivity contribution in [1.82, 2.24) is 10.3 Å². The zero-order valence-corrected chi connectivity index (χ0v) is 17.5. The number of carbonyl (C=O) groups excluding carboxylic acids is 3. The summed E-state index contributed by atoms with van der Waals surface area (Å²) in [6.45, 7) is 3.25. The average molecular weight is 430 g/mol. The lowest BCUT2D eigenvalue weighted by Crippen LogP contribution is -2.20. The summed E-state index contributed by atoms with van der Waals surface area (Å²) in [4.78, 5) is 41.0. The van der Waals surface area contributed by atoms with E-state index in [1.807, 2.05) is 17.5 Å². The first kappa shape index (κ1) is 20.7. The van der Waals surface area contributed by atoms with Gasteiger partial charge in [0, 0.05) is 22.7 Å². The highest BCUT2D eigenvalue weighted by molar-refractivity contribution is 7.17. The fourth-order valence-corrected chi connectivity index (χ4v) is 4.09. The normalized spacial score (nSPS) is 10.4. The van der Waals surface area contributed by atoms with E-state index >= 15 is 0 Å². The van der Waals surface area contributed by atoms with E-state index in [1.54, 1.807) is 24.3 Å². The Hall–Kier alpha value is -3.04. The molecule has 3 aromatic rings. The lowest BCUT2D eigenvalue weighted by Gasteiger charge is -2.06. The van der Waals surface area contributed by atoms with Crippen molar-refractivity contribution in [2.75, 3.05) is 11.9 Å². The summed E-state index contributed by atoms with van der Waals surface area (Å²) in [5.74, 6) is -0.0208. The molecule has 3 rings (SSSR count). The average Bonchev–Trinajstić information content (AvgIpc) is 3.34. The molecule has 0 saturated heterocycles. The molecule has 0 atom stereocenters. The van der Waals surface area contributed by atoms with Gasteiger partial charge in [0.1, 0.15) is 5.75 Å². The maximum Gasteiger partial charge on any atom is 0.264 e. The third-order valence-electron chi connectivity index (χ3n) is 3.79. The highest BCUT2D eigenvalue weighted by Crippen LogP contribution is 2.30. The van der Waals surface area contributed by atoms with Crippen molar-refractivity contribution in [2.45, 2.75) is 20.4 Å². The van der Waals surface area contributed by atoms with Crippen molar-refractivity contribution in [3.8, 4) is 16.3 Å². The summed E-state index contributed by atoms with van der Waals surface area (Å²) in [5, 5.41) is 7.81. The van der Waals surface area contributed by atoms with Gasteiger partial charge in [-0.05, 0) is 31.2 Å². The van der Waals surface area contributed by atoms with Gasteiger partial charge in [-0.1, -0.05) is 12.1 Å². The monoisotopic (exact) mass is 429 g/mol. The van der Waals surface area contributed by atoms with Crippen LogP contribution in [0.2, 0.25) is 0 Å². The van der Waals surface area contributed by atoms with Gasteiger partial charge < -0.3 is 10.1 Å². The number of Topliss-reactive ketones (excluding diaryl/α,β-unsaturated/α-hetero) is 1. The number of nitrogens with zero attached hydrogens (tertiary/aromatic N) is 1. The first-order valence-corrected chi connectivity index (χ1v) is 10.4. The van der Waals surface area contributed by atoms with Crippen LogP contribution in [-0.2, 0) is 16.1 Å². The topological polar surface area (TPSA) is 97.4 Å². The molecule has 0 saturated carbocycles. The smallest absolute Gasteiger partial charge is 0.264 e. The predicted molar refractivity (Wildman–Crippen MR) is 114 cm³/mol. The minimum absolute atomic E-state index is 0.0657. The summed E-state index contributed by atoms with van der Waals surface area (Å²) in [5.41, 5.74) is 1.29. The quantitative estimate of drug-likeness (QED) is 0.532. The molecule has 1 aromatic carbocycles. The zero-order valence-electron chi connectivity index (χ0n) is 15.9. The standard InChI is InChI=1S/C20H19N3O4S2/c1-12(24)14-4-3-5-15(8-14)27-10-19(26)23-20-22-17(11-28-20)18-7-6-16(29-18)9-21-13(2)25/h3-8,11H,9-10H2,1-2H3,(H,21,25)(H,22,23,26). The Kier molecular flexibility index (Phi) is 6.73. The van der Waals surface area contributed by atoms with Crippen LogP contribution in [0.4, 0.5) is 5.13 Å². The number of thiophene rings is 1. The molecule has 0 aliphatic heterocycles. The van der Waals surface area contributed by atoms with E-state index in [-0.39, 0.29) is 24.2 Å². The van der Waals surface area contributed by atoms with E-state index < -0.39 is 0 Å². The highest BCUT2D eigenvalue weighted by Gasteiger charge is 2.11. The van der Waals surface area contributed by atoms with E-state index in [1.165, 1.54) is 36.5 Å². The van der Waals surface area contributed by atoms with Gasteiger partial charge >= 0.3 is 0 Å². The van der Waals surface area contributed by atoms with E-state index in [4.69, 9.17) is 4.74 Å². The van der Waals surface area contributed by atoms with Gasteiger partial charge in [0.25, 0.3) is 5.91 Å². The van der Waals surface area contributed by atoms with E-state index in [2.05, 4.69) is 15.6 Å². The summed E-state index contributed by atoms with van der Waals surface area (Å²) < 4.78 is 5.45. The molecular formula is C20H19N3O4S2. The van der Waals surface area contributed by atoms with Gasteiger partial charge in [0.05, 0.1) is 17.1 Å². The molecule has 0 unspecified atom stereocenters. The van der Waals surface area contributed by atoms with Gasteiger partial charge in [0.2, 0.25) is 5.91 Å². The molecule has 2 heterocycles. The fraction of sp³-hybridized carbons (Fsp3) is 0.200. The molecule has 0 aliphatic carbocycles. The molecule has 29 heavy (non-hydrogen) atoms. The van der Waals surface area contributed by atoms with Crippen molar-refractivity contribution in [3.05, 3.63) is 52.2 Å². The van der Waals surface area contributed by atoms with Crippen LogP contribution in [0.25, 0.3) is 10.6 Å². The second-order valence-electron chi connectivity index (χ2n) is 6.13.